The average molecular weight is 328 g/mol. The first-order valence-electron chi connectivity index (χ1n) is 8.45. The van der Waals surface area contributed by atoms with Crippen molar-refractivity contribution >= 4 is 28.1 Å². The van der Waals surface area contributed by atoms with Gasteiger partial charge in [-0.3, -0.25) is 4.79 Å². The van der Waals surface area contributed by atoms with Gasteiger partial charge in [-0.25, -0.2) is 0 Å². The smallest absolute Gasteiger partial charge is 0.152 e. The maximum Gasteiger partial charge on any atom is 0.152 e. The van der Waals surface area contributed by atoms with Gasteiger partial charge in [-0.1, -0.05) is 48.0 Å². The number of hydrogen-bond acceptors (Lipinski definition) is 1. The van der Waals surface area contributed by atoms with Crippen LogP contribution in [0.15, 0.2) is 72.6 Å². The monoisotopic (exact) mass is 328 g/mol. The van der Waals surface area contributed by atoms with Gasteiger partial charge < -0.3 is 9.55 Å². The lowest BCUT2D eigenvalue weighted by Gasteiger charge is -2.17. The number of aldehydes is 1. The molecule has 2 aromatic heterocycles. The summed E-state index contributed by atoms with van der Waals surface area (Å²) >= 11 is 0. The summed E-state index contributed by atoms with van der Waals surface area (Å²) in [4.78, 5) is 14.9. The molecule has 25 heavy (non-hydrogen) atoms. The Balaban J connectivity index is 2.01. The fourth-order valence-corrected chi connectivity index (χ4v) is 3.53. The molecule has 0 radical (unpaired) electrons. The lowest BCUT2D eigenvalue weighted by molar-refractivity contribution is 0.112. The number of fused-ring (bicyclic) bond motifs is 2. The maximum absolute atomic E-state index is 11.5. The molecule has 0 amide bonds. The summed E-state index contributed by atoms with van der Waals surface area (Å²) in [6, 6.07) is 16.4. The molecular formula is C22H20N2O. The number of carbonyl (C=O) groups excluding carboxylic acids is 1. The zero-order valence-electron chi connectivity index (χ0n) is 14.4. The van der Waals surface area contributed by atoms with E-state index in [1.165, 1.54) is 16.5 Å². The Bertz CT molecular complexity index is 1090. The van der Waals surface area contributed by atoms with Gasteiger partial charge >= 0.3 is 0 Å². The van der Waals surface area contributed by atoms with Crippen molar-refractivity contribution in [3.63, 3.8) is 0 Å². The van der Waals surface area contributed by atoms with Crippen LogP contribution in [0.3, 0.4) is 0 Å². The number of H-pyrrole nitrogens is 1. The quantitative estimate of drug-likeness (QED) is 0.390. The predicted octanol–water partition coefficient (Wildman–Crippen LogP) is 5.49. The van der Waals surface area contributed by atoms with Crippen molar-refractivity contribution in [3.8, 4) is 0 Å². The van der Waals surface area contributed by atoms with Crippen molar-refractivity contribution in [1.29, 1.82) is 0 Å². The van der Waals surface area contributed by atoms with E-state index in [9.17, 15) is 4.79 Å². The van der Waals surface area contributed by atoms with E-state index in [-0.39, 0.29) is 6.04 Å². The number of allylic oxidation sites excluding steroid dienone is 2. The molecular weight excluding hydrogens is 308 g/mol. The molecule has 3 heteroatoms. The van der Waals surface area contributed by atoms with Crippen LogP contribution >= 0.6 is 0 Å². The van der Waals surface area contributed by atoms with Gasteiger partial charge in [0.1, 0.15) is 0 Å². The van der Waals surface area contributed by atoms with E-state index in [0.717, 1.165) is 28.3 Å². The van der Waals surface area contributed by atoms with Crippen molar-refractivity contribution in [3.05, 3.63) is 83.7 Å². The highest BCUT2D eigenvalue weighted by Gasteiger charge is 2.19. The second-order valence-corrected chi connectivity index (χ2v) is 6.61. The number of nitrogens with one attached hydrogen (secondary N) is 1. The number of rotatable bonds is 4. The number of aromatic nitrogens is 2. The third kappa shape index (κ3) is 2.58. The van der Waals surface area contributed by atoms with Gasteiger partial charge in [0.25, 0.3) is 0 Å². The molecule has 0 bridgehead atoms. The minimum atomic E-state index is 0.0275. The number of hydrogen-bond donors (Lipinski definition) is 1. The zero-order valence-corrected chi connectivity index (χ0v) is 14.4. The van der Waals surface area contributed by atoms with Gasteiger partial charge in [-0.2, -0.15) is 0 Å². The second kappa shape index (κ2) is 6.10. The number of nitrogens with zero attached hydrogens (tertiary/aromatic N) is 1. The van der Waals surface area contributed by atoms with Gasteiger partial charge in [-0.15, -0.1) is 0 Å². The number of benzene rings is 2. The lowest BCUT2D eigenvalue weighted by Crippen LogP contribution is -2.07. The Morgan fingerprint density at radius 3 is 2.52 bits per heavy atom. The van der Waals surface area contributed by atoms with E-state index < -0.39 is 0 Å². The fourth-order valence-electron chi connectivity index (χ4n) is 3.53. The van der Waals surface area contributed by atoms with Crippen LogP contribution in [0.4, 0.5) is 0 Å². The number of carbonyl (C=O) groups is 1. The van der Waals surface area contributed by atoms with Gasteiger partial charge in [0.15, 0.2) is 6.29 Å². The predicted molar refractivity (Wildman–Crippen MR) is 103 cm³/mol. The van der Waals surface area contributed by atoms with E-state index in [1.54, 1.807) is 0 Å². The molecule has 1 atom stereocenters. The van der Waals surface area contributed by atoms with Crippen molar-refractivity contribution in [2.24, 2.45) is 0 Å². The molecule has 124 valence electrons. The summed E-state index contributed by atoms with van der Waals surface area (Å²) in [7, 11) is 0. The van der Waals surface area contributed by atoms with E-state index in [1.807, 2.05) is 30.5 Å². The van der Waals surface area contributed by atoms with Gasteiger partial charge in [0, 0.05) is 45.3 Å². The molecule has 2 heterocycles. The van der Waals surface area contributed by atoms with Crippen molar-refractivity contribution in [1.82, 2.24) is 9.55 Å². The second-order valence-electron chi connectivity index (χ2n) is 6.61. The molecule has 3 nitrogen and oxygen atoms in total. The normalized spacial score (nSPS) is 12.4. The number of para-hydroxylation sites is 2. The first kappa shape index (κ1) is 15.5. The molecule has 1 unspecified atom stereocenters. The topological polar surface area (TPSA) is 37.8 Å². The Kier molecular flexibility index (Phi) is 3.77. The number of aromatic amines is 1. The standard InChI is InChI=1S/C22H20N2O/c1-15(2)11-22(19-12-23-20-9-5-3-8-18(19)20)24-13-16(14-25)17-7-4-6-10-21(17)24/h3-14,22-23H,1-2H3. The molecule has 0 fully saturated rings. The van der Waals surface area contributed by atoms with E-state index in [0.29, 0.717) is 0 Å². The minimum Gasteiger partial charge on any atom is -0.361 e. The van der Waals surface area contributed by atoms with Crippen LogP contribution in [0.5, 0.6) is 0 Å². The van der Waals surface area contributed by atoms with Crippen molar-refractivity contribution in [2.75, 3.05) is 0 Å². The molecule has 4 rings (SSSR count). The average Bonchev–Trinajstić information content (AvgIpc) is 3.21. The van der Waals surface area contributed by atoms with E-state index in [4.69, 9.17) is 0 Å². The summed E-state index contributed by atoms with van der Waals surface area (Å²) in [6.07, 6.45) is 7.22. The maximum atomic E-state index is 11.5. The van der Waals surface area contributed by atoms with Crippen LogP contribution in [0.25, 0.3) is 21.8 Å². The summed E-state index contributed by atoms with van der Waals surface area (Å²) in [5.74, 6) is 0. The Morgan fingerprint density at radius 2 is 1.76 bits per heavy atom. The Hall–Kier alpha value is -3.07. The summed E-state index contributed by atoms with van der Waals surface area (Å²) < 4.78 is 2.20. The van der Waals surface area contributed by atoms with Crippen LogP contribution in [0, 0.1) is 0 Å². The minimum absolute atomic E-state index is 0.0275. The molecule has 0 spiro atoms. The molecule has 0 aliphatic rings. The Morgan fingerprint density at radius 1 is 1.04 bits per heavy atom. The van der Waals surface area contributed by atoms with Crippen molar-refractivity contribution < 1.29 is 4.79 Å². The molecule has 2 aromatic carbocycles. The fraction of sp³-hybridized carbons (Fsp3) is 0.136. The van der Waals surface area contributed by atoms with Crippen LogP contribution in [-0.4, -0.2) is 15.8 Å². The summed E-state index contributed by atoms with van der Waals surface area (Å²) in [6.45, 7) is 4.21. The largest absolute Gasteiger partial charge is 0.361 e. The van der Waals surface area contributed by atoms with Crippen LogP contribution < -0.4 is 0 Å². The molecule has 0 saturated carbocycles. The molecule has 1 N–H and O–H groups in total. The lowest BCUT2D eigenvalue weighted by atomic mass is 10.0. The zero-order chi connectivity index (χ0) is 17.4. The highest BCUT2D eigenvalue weighted by molar-refractivity contribution is 5.98. The van der Waals surface area contributed by atoms with E-state index >= 15 is 0 Å². The highest BCUT2D eigenvalue weighted by Crippen LogP contribution is 2.33. The highest BCUT2D eigenvalue weighted by atomic mass is 16.1. The summed E-state index contributed by atoms with van der Waals surface area (Å²) in [5, 5.41) is 2.19. The van der Waals surface area contributed by atoms with E-state index in [2.05, 4.69) is 59.9 Å². The molecule has 0 aliphatic carbocycles. The molecule has 0 saturated heterocycles. The molecule has 0 aliphatic heterocycles. The first-order chi connectivity index (χ1) is 12.2. The van der Waals surface area contributed by atoms with Crippen LogP contribution in [0.1, 0.15) is 35.8 Å². The van der Waals surface area contributed by atoms with Crippen molar-refractivity contribution in [2.45, 2.75) is 19.9 Å². The van der Waals surface area contributed by atoms with Gasteiger partial charge in [-0.05, 0) is 26.0 Å². The summed E-state index contributed by atoms with van der Waals surface area (Å²) in [5.41, 5.74) is 5.35. The SMILES string of the molecule is CC(C)=CC(c1c[nH]c2ccccc12)n1cc(C=O)c2ccccc21. The first-order valence-corrected chi connectivity index (χ1v) is 8.45. The van der Waals surface area contributed by atoms with Gasteiger partial charge in [0.05, 0.1) is 6.04 Å². The molecule has 4 aromatic rings. The third-order valence-corrected chi connectivity index (χ3v) is 4.63. The van der Waals surface area contributed by atoms with Gasteiger partial charge in [0.2, 0.25) is 0 Å². The van der Waals surface area contributed by atoms with Crippen LogP contribution in [-0.2, 0) is 0 Å². The third-order valence-electron chi connectivity index (χ3n) is 4.63. The Labute approximate surface area is 146 Å². The van der Waals surface area contributed by atoms with Crippen LogP contribution in [0.2, 0.25) is 0 Å².